The Morgan fingerprint density at radius 1 is 0.765 bits per heavy atom. The predicted molar refractivity (Wildman–Crippen MR) is 132 cm³/mol. The molecule has 5 rings (SSSR count). The summed E-state index contributed by atoms with van der Waals surface area (Å²) < 4.78 is 0. The number of hydrogen-bond donors (Lipinski definition) is 0. The molecule has 0 fully saturated rings. The van der Waals surface area contributed by atoms with Crippen molar-refractivity contribution in [3.8, 4) is 0 Å². The van der Waals surface area contributed by atoms with Crippen molar-refractivity contribution >= 4 is 28.5 Å². The van der Waals surface area contributed by atoms with Crippen LogP contribution in [0, 0.1) is 6.92 Å². The third-order valence-electron chi connectivity index (χ3n) is 6.25. The third kappa shape index (κ3) is 3.97. The molecule has 1 aliphatic rings. The van der Waals surface area contributed by atoms with Gasteiger partial charge in [0.1, 0.15) is 0 Å². The van der Waals surface area contributed by atoms with Crippen LogP contribution in [0.5, 0.6) is 0 Å². The number of amides is 3. The Bertz CT molecular complexity index is 1340. The van der Waals surface area contributed by atoms with Gasteiger partial charge in [-0.05, 0) is 42.1 Å². The summed E-state index contributed by atoms with van der Waals surface area (Å²) in [5.41, 5.74) is 3.67. The Hall–Kier alpha value is -4.25. The lowest BCUT2D eigenvalue weighted by Crippen LogP contribution is -2.45. The van der Waals surface area contributed by atoms with Crippen molar-refractivity contribution in [3.63, 3.8) is 0 Å². The van der Waals surface area contributed by atoms with Gasteiger partial charge in [-0.1, -0.05) is 72.3 Å². The number of hydrogen-bond acceptors (Lipinski definition) is 3. The number of carbonyl (C=O) groups is 3. The smallest absolute Gasteiger partial charge is 0.261 e. The lowest BCUT2D eigenvalue weighted by atomic mass is 9.94. The van der Waals surface area contributed by atoms with Crippen molar-refractivity contribution in [3.05, 3.63) is 119 Å². The van der Waals surface area contributed by atoms with Crippen LogP contribution in [-0.4, -0.2) is 40.6 Å². The Morgan fingerprint density at radius 2 is 1.38 bits per heavy atom. The number of aryl methyl sites for hydroxylation is 1. The van der Waals surface area contributed by atoms with Crippen molar-refractivity contribution in [1.82, 2.24) is 9.80 Å². The van der Waals surface area contributed by atoms with Crippen molar-refractivity contribution in [1.29, 1.82) is 0 Å². The van der Waals surface area contributed by atoms with Crippen LogP contribution < -0.4 is 0 Å². The monoisotopic (exact) mass is 448 g/mol. The van der Waals surface area contributed by atoms with Crippen LogP contribution in [0.2, 0.25) is 0 Å². The highest BCUT2D eigenvalue weighted by Crippen LogP contribution is 2.30. The summed E-state index contributed by atoms with van der Waals surface area (Å²) in [7, 11) is 0. The van der Waals surface area contributed by atoms with Crippen LogP contribution in [0.1, 0.15) is 42.2 Å². The number of carbonyl (C=O) groups excluding carboxylic acids is 3. The maximum Gasteiger partial charge on any atom is 0.261 e. The molecule has 0 N–H and O–H groups in total. The van der Waals surface area contributed by atoms with Crippen LogP contribution in [0.3, 0.4) is 0 Å². The summed E-state index contributed by atoms with van der Waals surface area (Å²) in [5, 5.41) is 1.57. The normalized spacial score (nSPS) is 12.8. The molecule has 0 radical (unpaired) electrons. The summed E-state index contributed by atoms with van der Waals surface area (Å²) in [5.74, 6) is -0.781. The van der Waals surface area contributed by atoms with Gasteiger partial charge in [0.05, 0.1) is 0 Å². The summed E-state index contributed by atoms with van der Waals surface area (Å²) in [6.45, 7) is 2.71. The third-order valence-corrected chi connectivity index (χ3v) is 6.25. The van der Waals surface area contributed by atoms with Gasteiger partial charge in [-0.25, -0.2) is 0 Å². The van der Waals surface area contributed by atoms with Gasteiger partial charge in [0.15, 0.2) is 0 Å². The van der Waals surface area contributed by atoms with E-state index in [4.69, 9.17) is 0 Å². The quantitative estimate of drug-likeness (QED) is 0.386. The molecule has 4 aromatic rings. The average Bonchev–Trinajstić information content (AvgIpc) is 2.87. The summed E-state index contributed by atoms with van der Waals surface area (Å²) in [6, 6.07) is 28.1. The molecule has 0 aromatic heterocycles. The molecule has 0 unspecified atom stereocenters. The molecular formula is C29H24N2O3. The Balaban J connectivity index is 1.42. The van der Waals surface area contributed by atoms with E-state index in [-0.39, 0.29) is 30.8 Å². The zero-order valence-electron chi connectivity index (χ0n) is 18.9. The second-order valence-corrected chi connectivity index (χ2v) is 8.55. The second kappa shape index (κ2) is 8.94. The number of rotatable bonds is 6. The fourth-order valence-corrected chi connectivity index (χ4v) is 4.44. The first kappa shape index (κ1) is 21.6. The average molecular weight is 449 g/mol. The fraction of sp³-hybridized carbons (Fsp3) is 0.138. The molecule has 1 heterocycles. The van der Waals surface area contributed by atoms with E-state index in [1.165, 1.54) is 4.90 Å². The van der Waals surface area contributed by atoms with Gasteiger partial charge < -0.3 is 4.90 Å². The van der Waals surface area contributed by atoms with E-state index in [0.717, 1.165) is 16.5 Å². The maximum atomic E-state index is 13.4. The summed E-state index contributed by atoms with van der Waals surface area (Å²) >= 11 is 0. The number of benzene rings is 4. The van der Waals surface area contributed by atoms with E-state index in [1.807, 2.05) is 85.8 Å². The van der Waals surface area contributed by atoms with Crippen LogP contribution in [-0.2, 0) is 6.54 Å². The highest BCUT2D eigenvalue weighted by molar-refractivity contribution is 6.25. The minimum atomic E-state index is -0.322. The first-order valence-electron chi connectivity index (χ1n) is 11.3. The fourth-order valence-electron chi connectivity index (χ4n) is 4.44. The Morgan fingerprint density at radius 3 is 2.00 bits per heavy atom. The molecule has 5 nitrogen and oxygen atoms in total. The topological polar surface area (TPSA) is 57.7 Å². The molecule has 1 aliphatic heterocycles. The zero-order valence-corrected chi connectivity index (χ0v) is 18.9. The predicted octanol–water partition coefficient (Wildman–Crippen LogP) is 5.09. The standard InChI is InChI=1S/C29H24N2O3/c1-20-13-15-23(16-14-20)27(32)30(19-21-7-3-2-4-8-21)17-18-31-28(33)24-11-5-9-22-10-6-12-25(26(22)24)29(31)34/h2-16H,17-19H2,1H3. The van der Waals surface area contributed by atoms with Crippen molar-refractivity contribution in [2.24, 2.45) is 0 Å². The van der Waals surface area contributed by atoms with Crippen LogP contribution in [0.15, 0.2) is 91.0 Å². The van der Waals surface area contributed by atoms with Crippen molar-refractivity contribution in [2.75, 3.05) is 13.1 Å². The van der Waals surface area contributed by atoms with Gasteiger partial charge in [0.25, 0.3) is 17.7 Å². The van der Waals surface area contributed by atoms with Gasteiger partial charge in [-0.2, -0.15) is 0 Å². The van der Waals surface area contributed by atoms with Gasteiger partial charge in [0, 0.05) is 41.7 Å². The van der Waals surface area contributed by atoms with Crippen LogP contribution in [0.4, 0.5) is 0 Å². The minimum Gasteiger partial charge on any atom is -0.333 e. The van der Waals surface area contributed by atoms with Crippen LogP contribution in [0.25, 0.3) is 10.8 Å². The number of nitrogens with zero attached hydrogens (tertiary/aromatic N) is 2. The maximum absolute atomic E-state index is 13.4. The van der Waals surface area contributed by atoms with E-state index in [1.54, 1.807) is 17.0 Å². The first-order valence-corrected chi connectivity index (χ1v) is 11.3. The highest BCUT2D eigenvalue weighted by atomic mass is 16.2. The summed E-state index contributed by atoms with van der Waals surface area (Å²) in [6.07, 6.45) is 0. The molecule has 0 saturated heterocycles. The molecule has 0 spiro atoms. The highest BCUT2D eigenvalue weighted by Gasteiger charge is 2.33. The molecule has 0 bridgehead atoms. The van der Waals surface area contributed by atoms with Gasteiger partial charge >= 0.3 is 0 Å². The van der Waals surface area contributed by atoms with Crippen molar-refractivity contribution in [2.45, 2.75) is 13.5 Å². The zero-order chi connectivity index (χ0) is 23.7. The molecule has 0 saturated carbocycles. The molecule has 4 aromatic carbocycles. The molecular weight excluding hydrogens is 424 g/mol. The second-order valence-electron chi connectivity index (χ2n) is 8.55. The minimum absolute atomic E-state index is 0.118. The first-order chi connectivity index (χ1) is 16.5. The largest absolute Gasteiger partial charge is 0.333 e. The Labute approximate surface area is 198 Å². The molecule has 3 amide bonds. The van der Waals surface area contributed by atoms with Gasteiger partial charge in [-0.3, -0.25) is 19.3 Å². The lowest BCUT2D eigenvalue weighted by Gasteiger charge is -2.30. The molecule has 0 atom stereocenters. The van der Waals surface area contributed by atoms with Crippen LogP contribution >= 0.6 is 0 Å². The molecule has 34 heavy (non-hydrogen) atoms. The molecule has 168 valence electrons. The number of imide groups is 1. The molecule has 0 aliphatic carbocycles. The van der Waals surface area contributed by atoms with E-state index < -0.39 is 0 Å². The van der Waals surface area contributed by atoms with Crippen molar-refractivity contribution < 1.29 is 14.4 Å². The van der Waals surface area contributed by atoms with E-state index >= 15 is 0 Å². The van der Waals surface area contributed by atoms with E-state index in [2.05, 4.69) is 0 Å². The SMILES string of the molecule is Cc1ccc(C(=O)N(CCN2C(=O)c3cccc4cccc(c34)C2=O)Cc2ccccc2)cc1. The van der Waals surface area contributed by atoms with Gasteiger partial charge in [0.2, 0.25) is 0 Å². The van der Waals surface area contributed by atoms with E-state index in [9.17, 15) is 14.4 Å². The molecule has 5 heteroatoms. The van der Waals surface area contributed by atoms with Gasteiger partial charge in [-0.15, -0.1) is 0 Å². The Kier molecular flexibility index (Phi) is 5.68. The summed E-state index contributed by atoms with van der Waals surface area (Å²) in [4.78, 5) is 42.9. The van der Waals surface area contributed by atoms with E-state index in [0.29, 0.717) is 28.6 Å². The lowest BCUT2D eigenvalue weighted by molar-refractivity contribution is 0.0559.